The van der Waals surface area contributed by atoms with Gasteiger partial charge in [-0.3, -0.25) is 38.4 Å². The van der Waals surface area contributed by atoms with Crippen molar-refractivity contribution in [1.29, 1.82) is 0 Å². The van der Waals surface area contributed by atoms with Crippen LogP contribution < -0.4 is 32.7 Å². The summed E-state index contributed by atoms with van der Waals surface area (Å²) in [6.07, 6.45) is -1.64. The van der Waals surface area contributed by atoms with Crippen LogP contribution in [-0.4, -0.2) is 141 Å². The van der Waals surface area contributed by atoms with E-state index in [4.69, 9.17) is 11.5 Å². The van der Waals surface area contributed by atoms with Crippen molar-refractivity contribution in [1.82, 2.24) is 31.1 Å². The number of nitrogens with zero attached hydrogens (tertiary/aromatic N) is 2. The Bertz CT molecular complexity index is 1260. The lowest BCUT2D eigenvalue weighted by Crippen LogP contribution is -2.58. The van der Waals surface area contributed by atoms with Gasteiger partial charge in [-0.2, -0.15) is 0 Å². The number of carboxylic acid groups (broad SMARTS) is 2. The number of likely N-dealkylation sites (tertiary alicyclic amines) is 2. The predicted molar refractivity (Wildman–Crippen MR) is 162 cm³/mol. The largest absolute Gasteiger partial charge is 0.481 e. The van der Waals surface area contributed by atoms with E-state index < -0.39 is 103 Å². The fraction of sp³-hybridized carbons (Fsp3) is 0.679. The number of primary amides is 1. The molecule has 2 fully saturated rings. The van der Waals surface area contributed by atoms with Crippen LogP contribution in [0, 0.1) is 0 Å². The Morgan fingerprint density at radius 2 is 1.38 bits per heavy atom. The van der Waals surface area contributed by atoms with Crippen LogP contribution >= 0.6 is 0 Å². The molecule has 0 saturated carbocycles. The minimum absolute atomic E-state index is 0.0389. The monoisotopic (exact) mass is 684 g/mol. The average Bonchev–Trinajstić information content (AvgIpc) is 3.72. The maximum Gasteiger partial charge on any atom is 0.326 e. The molecule has 268 valence electrons. The molecule has 48 heavy (non-hydrogen) atoms. The zero-order chi connectivity index (χ0) is 36.1. The van der Waals surface area contributed by atoms with Crippen molar-refractivity contribution in [2.45, 2.75) is 94.6 Å². The summed E-state index contributed by atoms with van der Waals surface area (Å²) in [5.41, 5.74) is 10.5. The number of nitrogens with two attached hydrogens (primary N) is 2. The third kappa shape index (κ3) is 11.4. The second-order valence-electron chi connectivity index (χ2n) is 11.5. The predicted octanol–water partition coefficient (Wildman–Crippen LogP) is -4.91. The van der Waals surface area contributed by atoms with E-state index in [9.17, 15) is 58.5 Å². The molecular formula is C28H44N8O12. The first-order chi connectivity index (χ1) is 22.6. The summed E-state index contributed by atoms with van der Waals surface area (Å²) in [5, 5.41) is 38.0. The van der Waals surface area contributed by atoms with Gasteiger partial charge < -0.3 is 57.9 Å². The first-order valence-electron chi connectivity index (χ1n) is 15.5. The molecule has 0 aromatic heterocycles. The molecule has 6 atom stereocenters. The highest BCUT2D eigenvalue weighted by Gasteiger charge is 2.40. The van der Waals surface area contributed by atoms with Crippen LogP contribution in [0.25, 0.3) is 0 Å². The Balaban J connectivity index is 2.07. The third-order valence-electron chi connectivity index (χ3n) is 7.95. The van der Waals surface area contributed by atoms with Crippen molar-refractivity contribution in [2.75, 3.05) is 26.2 Å². The number of rotatable bonds is 18. The lowest BCUT2D eigenvalue weighted by Gasteiger charge is -2.29. The second-order valence-corrected chi connectivity index (χ2v) is 11.5. The van der Waals surface area contributed by atoms with E-state index in [1.54, 1.807) is 0 Å². The zero-order valence-electron chi connectivity index (χ0n) is 26.5. The molecule has 2 saturated heterocycles. The first-order valence-corrected chi connectivity index (χ1v) is 15.5. The Morgan fingerprint density at radius 1 is 0.812 bits per heavy atom. The van der Waals surface area contributed by atoms with Gasteiger partial charge in [-0.25, -0.2) is 4.79 Å². The number of carboxylic acids is 2. The molecule has 0 aromatic carbocycles. The molecule has 7 amide bonds. The normalized spacial score (nSPS) is 19.7. The van der Waals surface area contributed by atoms with E-state index in [0.717, 1.165) is 4.90 Å². The molecule has 11 N–H and O–H groups in total. The summed E-state index contributed by atoms with van der Waals surface area (Å²) in [4.78, 5) is 113. The maximum atomic E-state index is 13.5. The van der Waals surface area contributed by atoms with Crippen molar-refractivity contribution in [3.05, 3.63) is 0 Å². The number of carbonyl (C=O) groups excluding carboxylic acids is 7. The van der Waals surface area contributed by atoms with Gasteiger partial charge in [-0.1, -0.05) is 0 Å². The molecular weight excluding hydrogens is 640 g/mol. The highest BCUT2D eigenvalue weighted by Crippen LogP contribution is 2.21. The number of nitrogens with one attached hydrogen (secondary N) is 4. The van der Waals surface area contributed by atoms with Crippen LogP contribution in [-0.2, 0) is 43.2 Å². The van der Waals surface area contributed by atoms with Crippen molar-refractivity contribution < 1.29 is 58.5 Å². The van der Waals surface area contributed by atoms with Crippen LogP contribution in [0.1, 0.15) is 58.3 Å². The van der Waals surface area contributed by atoms with E-state index in [0.29, 0.717) is 25.8 Å². The lowest BCUT2D eigenvalue weighted by molar-refractivity contribution is -0.145. The van der Waals surface area contributed by atoms with Crippen molar-refractivity contribution in [2.24, 2.45) is 11.5 Å². The molecule has 20 nitrogen and oxygen atoms in total. The molecule has 0 aliphatic carbocycles. The average molecular weight is 685 g/mol. The Kier molecular flexibility index (Phi) is 15.1. The number of aliphatic hydroxyl groups excluding tert-OH is 1. The summed E-state index contributed by atoms with van der Waals surface area (Å²) in [7, 11) is 0. The number of hydrogen-bond donors (Lipinski definition) is 9. The third-order valence-corrected chi connectivity index (χ3v) is 7.95. The maximum absolute atomic E-state index is 13.5. The summed E-state index contributed by atoms with van der Waals surface area (Å²) < 4.78 is 0. The molecule has 2 aliphatic rings. The molecule has 2 aliphatic heterocycles. The summed E-state index contributed by atoms with van der Waals surface area (Å²) in [5.74, 6) is -8.18. The molecule has 0 bridgehead atoms. The smallest absolute Gasteiger partial charge is 0.326 e. The van der Waals surface area contributed by atoms with Crippen LogP contribution in [0.3, 0.4) is 0 Å². The highest BCUT2D eigenvalue weighted by atomic mass is 16.4. The van der Waals surface area contributed by atoms with Crippen LogP contribution in [0.5, 0.6) is 0 Å². The number of amides is 7. The molecule has 2 heterocycles. The van der Waals surface area contributed by atoms with Gasteiger partial charge in [0.2, 0.25) is 41.4 Å². The highest BCUT2D eigenvalue weighted by molar-refractivity contribution is 5.96. The SMILES string of the molecule is C[C@@H](O)[C@H](NC(=O)[C@@H]1CCCN1C(=O)CN)C(=O)NCC(=O)N[C@@H](CCC(=O)O)C(=O)N1CCC[C@H]1C(=O)N[C@@H](CCC(N)=O)C(=O)O. The van der Waals surface area contributed by atoms with E-state index in [1.165, 1.54) is 11.8 Å². The van der Waals surface area contributed by atoms with E-state index in [1.807, 2.05) is 0 Å². The fourth-order valence-electron chi connectivity index (χ4n) is 5.47. The zero-order valence-corrected chi connectivity index (χ0v) is 26.5. The van der Waals surface area contributed by atoms with Crippen molar-refractivity contribution >= 4 is 53.3 Å². The minimum Gasteiger partial charge on any atom is -0.481 e. The standard InChI is InChI=1S/C28H44N8O12/c1-14(37)23(34-25(44)17-4-2-10-35(17)21(40)12-29)26(45)31-13-20(39)32-15(7-9-22(41)42)27(46)36-11-3-5-18(36)24(43)33-16(28(47)48)6-8-19(30)38/h14-18,23,37H,2-13,29H2,1H3,(H2,30,38)(H,31,45)(H,32,39)(H,33,43)(H,34,44)(H,41,42)(H,47,48)/t14-,15+,16+,17+,18+,23+/m1/s1. The summed E-state index contributed by atoms with van der Waals surface area (Å²) in [6.45, 7) is 0.494. The van der Waals surface area contributed by atoms with E-state index in [2.05, 4.69) is 21.3 Å². The van der Waals surface area contributed by atoms with Gasteiger partial charge in [0, 0.05) is 25.9 Å². The summed E-state index contributed by atoms with van der Waals surface area (Å²) in [6, 6.07) is -6.49. The topological polar surface area (TPSA) is 321 Å². The van der Waals surface area contributed by atoms with Gasteiger partial charge in [0.25, 0.3) is 0 Å². The molecule has 0 unspecified atom stereocenters. The molecule has 2 rings (SSSR count). The number of aliphatic carboxylic acids is 2. The van der Waals surface area contributed by atoms with Crippen LogP contribution in [0.2, 0.25) is 0 Å². The van der Waals surface area contributed by atoms with Gasteiger partial charge >= 0.3 is 11.9 Å². The Hall–Kier alpha value is -4.85. The van der Waals surface area contributed by atoms with Gasteiger partial charge in [-0.05, 0) is 45.4 Å². The van der Waals surface area contributed by atoms with E-state index >= 15 is 0 Å². The van der Waals surface area contributed by atoms with Gasteiger partial charge in [0.1, 0.15) is 30.2 Å². The second kappa shape index (κ2) is 18.5. The van der Waals surface area contributed by atoms with Crippen LogP contribution in [0.15, 0.2) is 0 Å². The summed E-state index contributed by atoms with van der Waals surface area (Å²) >= 11 is 0. The first kappa shape index (κ1) is 39.3. The van der Waals surface area contributed by atoms with E-state index in [-0.39, 0.29) is 38.8 Å². The molecule has 0 aromatic rings. The quantitative estimate of drug-likeness (QED) is 0.0655. The number of hydrogen-bond acceptors (Lipinski definition) is 11. The number of carbonyl (C=O) groups is 9. The minimum atomic E-state index is -1.52. The Morgan fingerprint density at radius 3 is 1.92 bits per heavy atom. The van der Waals surface area contributed by atoms with Crippen molar-refractivity contribution in [3.8, 4) is 0 Å². The van der Waals surface area contributed by atoms with Crippen molar-refractivity contribution in [3.63, 3.8) is 0 Å². The van der Waals surface area contributed by atoms with Gasteiger partial charge in [0.05, 0.1) is 19.2 Å². The van der Waals surface area contributed by atoms with Crippen LogP contribution in [0.4, 0.5) is 0 Å². The van der Waals surface area contributed by atoms with Gasteiger partial charge in [0.15, 0.2) is 0 Å². The Labute approximate surface area is 275 Å². The fourth-order valence-corrected chi connectivity index (χ4v) is 5.47. The molecule has 20 heteroatoms. The molecule has 0 radical (unpaired) electrons. The molecule has 0 spiro atoms. The van der Waals surface area contributed by atoms with Gasteiger partial charge in [-0.15, -0.1) is 0 Å². The lowest BCUT2D eigenvalue weighted by atomic mass is 10.1. The number of aliphatic hydroxyl groups is 1.